The third-order valence-electron chi connectivity index (χ3n) is 5.92. The maximum absolute atomic E-state index is 13.2. The Kier molecular flexibility index (Phi) is 6.00. The van der Waals surface area contributed by atoms with Crippen LogP contribution < -0.4 is 24.8 Å². The fraction of sp³-hybridized carbons (Fsp3) is 0.364. The number of benzene rings is 2. The number of carbonyl (C=O) groups excluding carboxylic acids is 2. The molecular formula is C22H22ClN3O7S. The molecule has 0 spiro atoms. The number of carbonyl (C=O) groups is 2. The standard InChI is InChI=1S/C22H22ClN3O7S/c23-15-10-16-18(33-12-21(27)25-16)11-20(15)34(29,30)26-5-3-13(4-6-26)22(28)24-14-1-2-17-19(9-14)32-8-7-31-17/h1-2,9-11,13H,3-8,12H2,(H,24,28)(H,25,27). The summed E-state index contributed by atoms with van der Waals surface area (Å²) in [5.74, 6) is 0.612. The molecule has 0 unspecified atom stereocenters. The molecule has 12 heteroatoms. The lowest BCUT2D eigenvalue weighted by atomic mass is 9.97. The van der Waals surface area contributed by atoms with Gasteiger partial charge in [0.1, 0.15) is 23.9 Å². The topological polar surface area (TPSA) is 123 Å². The second-order valence-electron chi connectivity index (χ2n) is 8.14. The number of halogens is 1. The Morgan fingerprint density at radius 3 is 2.53 bits per heavy atom. The molecule has 5 rings (SSSR count). The van der Waals surface area contributed by atoms with Gasteiger partial charge in [-0.3, -0.25) is 9.59 Å². The van der Waals surface area contributed by atoms with Crippen molar-refractivity contribution in [3.8, 4) is 17.2 Å². The molecule has 1 fully saturated rings. The summed E-state index contributed by atoms with van der Waals surface area (Å²) in [6, 6.07) is 7.90. The molecule has 2 aromatic carbocycles. The number of nitrogens with one attached hydrogen (secondary N) is 2. The summed E-state index contributed by atoms with van der Waals surface area (Å²) in [5.41, 5.74) is 0.923. The molecule has 10 nitrogen and oxygen atoms in total. The molecule has 2 aromatic rings. The van der Waals surface area contributed by atoms with Crippen LogP contribution in [0, 0.1) is 5.92 Å². The fourth-order valence-corrected chi connectivity index (χ4v) is 6.13. The molecule has 2 N–H and O–H groups in total. The SMILES string of the molecule is O=C1COc2cc(S(=O)(=O)N3CCC(C(=O)Nc4ccc5c(c4)OCCO5)CC3)c(Cl)cc2N1. The smallest absolute Gasteiger partial charge is 0.262 e. The molecule has 0 bridgehead atoms. The molecule has 3 heterocycles. The number of hydrogen-bond donors (Lipinski definition) is 2. The number of piperidine rings is 1. The molecule has 0 atom stereocenters. The number of rotatable bonds is 4. The van der Waals surface area contributed by atoms with E-state index >= 15 is 0 Å². The van der Waals surface area contributed by atoms with Crippen molar-refractivity contribution in [2.24, 2.45) is 5.92 Å². The van der Waals surface area contributed by atoms with Crippen LogP contribution in [0.25, 0.3) is 0 Å². The highest BCUT2D eigenvalue weighted by Crippen LogP contribution is 2.38. The van der Waals surface area contributed by atoms with Gasteiger partial charge in [-0.1, -0.05) is 11.6 Å². The Morgan fingerprint density at radius 2 is 1.76 bits per heavy atom. The van der Waals surface area contributed by atoms with Crippen LogP contribution in [0.5, 0.6) is 17.2 Å². The average molecular weight is 508 g/mol. The maximum atomic E-state index is 13.2. The first kappa shape index (κ1) is 22.8. The van der Waals surface area contributed by atoms with Gasteiger partial charge in [0.25, 0.3) is 5.91 Å². The lowest BCUT2D eigenvalue weighted by molar-refractivity contribution is -0.121. The summed E-state index contributed by atoms with van der Waals surface area (Å²) in [6.07, 6.45) is 0.732. The molecule has 0 radical (unpaired) electrons. The second kappa shape index (κ2) is 8.97. The highest BCUT2D eigenvalue weighted by atomic mass is 35.5. The van der Waals surface area contributed by atoms with Gasteiger partial charge < -0.3 is 24.8 Å². The monoisotopic (exact) mass is 507 g/mol. The largest absolute Gasteiger partial charge is 0.486 e. The predicted octanol–water partition coefficient (Wildman–Crippen LogP) is 2.48. The molecule has 2 amide bonds. The normalized spacial score (nSPS) is 18.4. The Bertz CT molecular complexity index is 1260. The Morgan fingerprint density at radius 1 is 1.03 bits per heavy atom. The van der Waals surface area contributed by atoms with Crippen molar-refractivity contribution in [1.29, 1.82) is 0 Å². The van der Waals surface area contributed by atoms with Crippen molar-refractivity contribution in [1.82, 2.24) is 4.31 Å². The predicted molar refractivity (Wildman–Crippen MR) is 123 cm³/mol. The summed E-state index contributed by atoms with van der Waals surface area (Å²) >= 11 is 6.24. The van der Waals surface area contributed by atoms with Crippen LogP contribution in [0.1, 0.15) is 12.8 Å². The van der Waals surface area contributed by atoms with Crippen LogP contribution in [-0.4, -0.2) is 57.4 Å². The zero-order valence-electron chi connectivity index (χ0n) is 18.0. The number of fused-ring (bicyclic) bond motifs is 2. The summed E-state index contributed by atoms with van der Waals surface area (Å²) in [6.45, 7) is 1.09. The molecule has 0 aliphatic carbocycles. The fourth-order valence-electron chi connectivity index (χ4n) is 4.14. The van der Waals surface area contributed by atoms with E-state index in [0.717, 1.165) is 0 Å². The van der Waals surface area contributed by atoms with Gasteiger partial charge in [-0.2, -0.15) is 4.31 Å². The lowest BCUT2D eigenvalue weighted by Crippen LogP contribution is -2.41. The Hall–Kier alpha value is -3.02. The third kappa shape index (κ3) is 4.38. The van der Waals surface area contributed by atoms with E-state index in [1.54, 1.807) is 18.2 Å². The van der Waals surface area contributed by atoms with Crippen LogP contribution in [0.15, 0.2) is 35.2 Å². The minimum atomic E-state index is -3.91. The summed E-state index contributed by atoms with van der Waals surface area (Å²) in [7, 11) is -3.91. The zero-order valence-corrected chi connectivity index (χ0v) is 19.6. The number of anilines is 2. The minimum absolute atomic E-state index is 0.0111. The number of ether oxygens (including phenoxy) is 3. The van der Waals surface area contributed by atoms with Crippen molar-refractivity contribution < 1.29 is 32.2 Å². The summed E-state index contributed by atoms with van der Waals surface area (Å²) in [5, 5.41) is 5.47. The molecule has 0 aromatic heterocycles. The van der Waals surface area contributed by atoms with Crippen LogP contribution >= 0.6 is 11.6 Å². The van der Waals surface area contributed by atoms with Gasteiger partial charge in [-0.05, 0) is 31.0 Å². The highest BCUT2D eigenvalue weighted by Gasteiger charge is 2.34. The van der Waals surface area contributed by atoms with Gasteiger partial charge in [0.05, 0.1) is 10.7 Å². The van der Waals surface area contributed by atoms with E-state index in [1.165, 1.54) is 16.4 Å². The van der Waals surface area contributed by atoms with Gasteiger partial charge in [0.2, 0.25) is 15.9 Å². The number of amides is 2. The van der Waals surface area contributed by atoms with E-state index < -0.39 is 10.0 Å². The number of sulfonamides is 1. The van der Waals surface area contributed by atoms with Crippen LogP contribution in [0.3, 0.4) is 0 Å². The molecule has 3 aliphatic rings. The van der Waals surface area contributed by atoms with Gasteiger partial charge in [0.15, 0.2) is 18.1 Å². The van der Waals surface area contributed by atoms with E-state index in [-0.39, 0.29) is 53.1 Å². The number of nitrogens with zero attached hydrogens (tertiary/aromatic N) is 1. The summed E-state index contributed by atoms with van der Waals surface area (Å²) in [4.78, 5) is 24.2. The molecule has 3 aliphatic heterocycles. The van der Waals surface area contributed by atoms with Gasteiger partial charge in [-0.25, -0.2) is 8.42 Å². The Balaban J connectivity index is 1.24. The minimum Gasteiger partial charge on any atom is -0.486 e. The van der Waals surface area contributed by atoms with Gasteiger partial charge >= 0.3 is 0 Å². The second-order valence-corrected chi connectivity index (χ2v) is 10.5. The van der Waals surface area contributed by atoms with E-state index in [9.17, 15) is 18.0 Å². The van der Waals surface area contributed by atoms with Crippen LogP contribution in [-0.2, 0) is 19.6 Å². The van der Waals surface area contributed by atoms with Crippen molar-refractivity contribution >= 4 is 44.8 Å². The number of hydrogen-bond acceptors (Lipinski definition) is 7. The van der Waals surface area contributed by atoms with Crippen molar-refractivity contribution in [3.63, 3.8) is 0 Å². The zero-order chi connectivity index (χ0) is 23.9. The molecule has 0 saturated carbocycles. The van der Waals surface area contributed by atoms with Crippen molar-refractivity contribution in [2.75, 3.05) is 43.5 Å². The molecule has 1 saturated heterocycles. The Labute approximate surface area is 201 Å². The van der Waals surface area contributed by atoms with Gasteiger partial charge in [-0.15, -0.1) is 0 Å². The highest BCUT2D eigenvalue weighted by molar-refractivity contribution is 7.89. The van der Waals surface area contributed by atoms with E-state index in [4.69, 9.17) is 25.8 Å². The maximum Gasteiger partial charge on any atom is 0.262 e. The molecular weight excluding hydrogens is 486 g/mol. The third-order valence-corrected chi connectivity index (χ3v) is 8.28. The van der Waals surface area contributed by atoms with Crippen LogP contribution in [0.4, 0.5) is 11.4 Å². The lowest BCUT2D eigenvalue weighted by Gasteiger charge is -2.31. The summed E-state index contributed by atoms with van der Waals surface area (Å²) < 4.78 is 44.1. The van der Waals surface area contributed by atoms with E-state index in [0.29, 0.717) is 48.9 Å². The van der Waals surface area contributed by atoms with E-state index in [1.807, 2.05) is 0 Å². The first-order valence-electron chi connectivity index (χ1n) is 10.8. The molecule has 180 valence electrons. The van der Waals surface area contributed by atoms with Crippen LogP contribution in [0.2, 0.25) is 5.02 Å². The van der Waals surface area contributed by atoms with Crippen molar-refractivity contribution in [2.45, 2.75) is 17.7 Å². The quantitative estimate of drug-likeness (QED) is 0.651. The molecule has 34 heavy (non-hydrogen) atoms. The average Bonchev–Trinajstić information content (AvgIpc) is 2.83. The first-order chi connectivity index (χ1) is 16.3. The van der Waals surface area contributed by atoms with E-state index in [2.05, 4.69) is 10.6 Å². The van der Waals surface area contributed by atoms with Crippen molar-refractivity contribution in [3.05, 3.63) is 35.4 Å². The van der Waals surface area contributed by atoms with Gasteiger partial charge in [0, 0.05) is 36.8 Å². The first-order valence-corrected chi connectivity index (χ1v) is 12.6.